The molecule has 0 aliphatic carbocycles. The minimum absolute atomic E-state index is 0.139. The second-order valence-corrected chi connectivity index (χ2v) is 5.90. The molecule has 0 fully saturated rings. The van der Waals surface area contributed by atoms with E-state index in [1.807, 2.05) is 50.2 Å². The zero-order valence-corrected chi connectivity index (χ0v) is 14.2. The number of H-pyrrole nitrogens is 1. The van der Waals surface area contributed by atoms with Gasteiger partial charge in [-0.05, 0) is 49.7 Å². The van der Waals surface area contributed by atoms with Crippen molar-refractivity contribution in [3.05, 3.63) is 66.1 Å². The molecule has 6 nitrogen and oxygen atoms in total. The minimum atomic E-state index is -0.204. The second kappa shape index (κ2) is 7.61. The van der Waals surface area contributed by atoms with Crippen LogP contribution in [0.2, 0.25) is 0 Å². The van der Waals surface area contributed by atoms with Crippen LogP contribution in [0.25, 0.3) is 11.3 Å². The Kier molecular flexibility index (Phi) is 5.09. The van der Waals surface area contributed by atoms with Gasteiger partial charge in [0.2, 0.25) is 0 Å². The number of nitrogens with one attached hydrogen (secondary N) is 2. The maximum Gasteiger partial charge on any atom is 0.269 e. The van der Waals surface area contributed by atoms with Gasteiger partial charge in [0.25, 0.3) is 5.91 Å². The third-order valence-corrected chi connectivity index (χ3v) is 3.53. The Morgan fingerprint density at radius 1 is 1.24 bits per heavy atom. The molecule has 128 valence electrons. The Balaban J connectivity index is 1.59. The largest absolute Gasteiger partial charge is 0.491 e. The number of benzene rings is 1. The van der Waals surface area contributed by atoms with Crippen molar-refractivity contribution in [3.8, 4) is 17.0 Å². The molecular weight excluding hydrogens is 316 g/mol. The van der Waals surface area contributed by atoms with E-state index in [9.17, 15) is 4.79 Å². The number of nitrogens with zero attached hydrogens (tertiary/aromatic N) is 2. The molecule has 0 aliphatic rings. The van der Waals surface area contributed by atoms with Gasteiger partial charge in [0.15, 0.2) is 0 Å². The lowest BCUT2D eigenvalue weighted by Crippen LogP contribution is -2.23. The third kappa shape index (κ3) is 4.44. The molecule has 0 saturated heterocycles. The van der Waals surface area contributed by atoms with Gasteiger partial charge in [0.1, 0.15) is 11.4 Å². The number of aromatic amines is 1. The first-order valence-corrected chi connectivity index (χ1v) is 8.11. The number of aromatic nitrogens is 3. The van der Waals surface area contributed by atoms with Gasteiger partial charge in [0.05, 0.1) is 11.8 Å². The molecule has 2 N–H and O–H groups in total. The number of carbonyl (C=O) groups is 1. The molecule has 3 aromatic rings. The number of carbonyl (C=O) groups excluding carboxylic acids is 1. The Bertz CT molecular complexity index is 826. The van der Waals surface area contributed by atoms with E-state index < -0.39 is 0 Å². The van der Waals surface area contributed by atoms with E-state index in [0.717, 1.165) is 16.9 Å². The SMILES string of the molecule is CC(C)Oc1ccc(CNC(=O)c2cc(-c3cccnc3)n[nH]2)cc1. The Morgan fingerprint density at radius 2 is 2.04 bits per heavy atom. The van der Waals surface area contributed by atoms with E-state index in [0.29, 0.717) is 17.9 Å². The van der Waals surface area contributed by atoms with Gasteiger partial charge in [-0.3, -0.25) is 14.9 Å². The van der Waals surface area contributed by atoms with Crippen molar-refractivity contribution in [1.29, 1.82) is 0 Å². The van der Waals surface area contributed by atoms with Gasteiger partial charge < -0.3 is 10.1 Å². The Labute approximate surface area is 146 Å². The normalized spacial score (nSPS) is 10.7. The first kappa shape index (κ1) is 16.7. The van der Waals surface area contributed by atoms with Crippen molar-refractivity contribution >= 4 is 5.91 Å². The van der Waals surface area contributed by atoms with E-state index in [2.05, 4.69) is 20.5 Å². The summed E-state index contributed by atoms with van der Waals surface area (Å²) in [5, 5.41) is 9.79. The predicted molar refractivity (Wildman–Crippen MR) is 95.2 cm³/mol. The fraction of sp³-hybridized carbons (Fsp3) is 0.211. The standard InChI is InChI=1S/C19H20N4O2/c1-13(2)25-16-7-5-14(6-8-16)11-21-19(24)18-10-17(22-23-18)15-4-3-9-20-12-15/h3-10,12-13H,11H2,1-2H3,(H,21,24)(H,22,23). The zero-order valence-electron chi connectivity index (χ0n) is 14.2. The summed E-state index contributed by atoms with van der Waals surface area (Å²) in [4.78, 5) is 16.3. The van der Waals surface area contributed by atoms with Crippen LogP contribution in [0.3, 0.4) is 0 Å². The summed E-state index contributed by atoms with van der Waals surface area (Å²) in [5.74, 6) is 0.616. The molecule has 2 heterocycles. The van der Waals surface area contributed by atoms with Crippen LogP contribution in [0, 0.1) is 0 Å². The summed E-state index contributed by atoms with van der Waals surface area (Å²) >= 11 is 0. The van der Waals surface area contributed by atoms with Crippen molar-refractivity contribution in [3.63, 3.8) is 0 Å². The van der Waals surface area contributed by atoms with Gasteiger partial charge >= 0.3 is 0 Å². The molecule has 0 aliphatic heterocycles. The quantitative estimate of drug-likeness (QED) is 0.724. The van der Waals surface area contributed by atoms with Gasteiger partial charge in [-0.2, -0.15) is 5.10 Å². The molecule has 0 bridgehead atoms. The van der Waals surface area contributed by atoms with Crippen molar-refractivity contribution in [2.75, 3.05) is 0 Å². The Morgan fingerprint density at radius 3 is 2.72 bits per heavy atom. The topological polar surface area (TPSA) is 79.9 Å². The van der Waals surface area contributed by atoms with Crippen molar-refractivity contribution in [2.45, 2.75) is 26.5 Å². The van der Waals surface area contributed by atoms with E-state index in [-0.39, 0.29) is 12.0 Å². The molecule has 1 aromatic carbocycles. The fourth-order valence-electron chi connectivity index (χ4n) is 2.34. The first-order valence-electron chi connectivity index (χ1n) is 8.11. The maximum absolute atomic E-state index is 12.3. The number of rotatable bonds is 6. The molecule has 0 saturated carbocycles. The monoisotopic (exact) mass is 336 g/mol. The summed E-state index contributed by atoms with van der Waals surface area (Å²) in [7, 11) is 0. The summed E-state index contributed by atoms with van der Waals surface area (Å²) in [6, 6.07) is 13.1. The fourth-order valence-corrected chi connectivity index (χ4v) is 2.34. The average Bonchev–Trinajstić information content (AvgIpc) is 3.11. The highest BCUT2D eigenvalue weighted by Gasteiger charge is 2.11. The van der Waals surface area contributed by atoms with Crippen LogP contribution >= 0.6 is 0 Å². The number of hydrogen-bond donors (Lipinski definition) is 2. The van der Waals surface area contributed by atoms with Crippen LogP contribution in [0.5, 0.6) is 5.75 Å². The third-order valence-electron chi connectivity index (χ3n) is 3.53. The van der Waals surface area contributed by atoms with Crippen LogP contribution in [-0.4, -0.2) is 27.2 Å². The minimum Gasteiger partial charge on any atom is -0.491 e. The lowest BCUT2D eigenvalue weighted by atomic mass is 10.2. The lowest BCUT2D eigenvalue weighted by molar-refractivity contribution is 0.0946. The molecular formula is C19H20N4O2. The molecule has 0 atom stereocenters. The summed E-state index contributed by atoms with van der Waals surface area (Å²) in [6.45, 7) is 4.40. The highest BCUT2D eigenvalue weighted by molar-refractivity contribution is 5.93. The molecule has 0 unspecified atom stereocenters. The van der Waals surface area contributed by atoms with Crippen LogP contribution in [0.4, 0.5) is 0 Å². The first-order chi connectivity index (χ1) is 12.1. The predicted octanol–water partition coefficient (Wildman–Crippen LogP) is 3.19. The number of hydrogen-bond acceptors (Lipinski definition) is 4. The lowest BCUT2D eigenvalue weighted by Gasteiger charge is -2.10. The summed E-state index contributed by atoms with van der Waals surface area (Å²) in [5.41, 5.74) is 2.96. The van der Waals surface area contributed by atoms with Crippen molar-refractivity contribution in [1.82, 2.24) is 20.5 Å². The summed E-state index contributed by atoms with van der Waals surface area (Å²) in [6.07, 6.45) is 3.54. The van der Waals surface area contributed by atoms with E-state index in [4.69, 9.17) is 4.74 Å². The van der Waals surface area contributed by atoms with Crippen LogP contribution in [-0.2, 0) is 6.54 Å². The average molecular weight is 336 g/mol. The van der Waals surface area contributed by atoms with Gasteiger partial charge in [-0.25, -0.2) is 0 Å². The summed E-state index contributed by atoms with van der Waals surface area (Å²) < 4.78 is 5.60. The molecule has 25 heavy (non-hydrogen) atoms. The van der Waals surface area contributed by atoms with Gasteiger partial charge in [-0.1, -0.05) is 12.1 Å². The van der Waals surface area contributed by atoms with Crippen LogP contribution in [0.15, 0.2) is 54.9 Å². The van der Waals surface area contributed by atoms with E-state index in [1.165, 1.54) is 0 Å². The van der Waals surface area contributed by atoms with E-state index >= 15 is 0 Å². The molecule has 0 radical (unpaired) electrons. The molecule has 1 amide bonds. The molecule has 2 aromatic heterocycles. The number of ether oxygens (including phenoxy) is 1. The smallest absolute Gasteiger partial charge is 0.269 e. The van der Waals surface area contributed by atoms with Crippen molar-refractivity contribution < 1.29 is 9.53 Å². The van der Waals surface area contributed by atoms with Gasteiger partial charge in [-0.15, -0.1) is 0 Å². The van der Waals surface area contributed by atoms with Crippen molar-refractivity contribution in [2.24, 2.45) is 0 Å². The molecule has 6 heteroatoms. The van der Waals surface area contributed by atoms with Gasteiger partial charge in [0, 0.05) is 24.5 Å². The Hall–Kier alpha value is -3.15. The highest BCUT2D eigenvalue weighted by atomic mass is 16.5. The number of pyridine rings is 1. The van der Waals surface area contributed by atoms with Crippen LogP contribution < -0.4 is 10.1 Å². The van der Waals surface area contributed by atoms with E-state index in [1.54, 1.807) is 18.5 Å². The number of amides is 1. The maximum atomic E-state index is 12.3. The second-order valence-electron chi connectivity index (χ2n) is 5.90. The molecule has 3 rings (SSSR count). The zero-order chi connectivity index (χ0) is 17.6. The molecule has 0 spiro atoms. The highest BCUT2D eigenvalue weighted by Crippen LogP contribution is 2.16. The van der Waals surface area contributed by atoms with Crippen LogP contribution in [0.1, 0.15) is 29.9 Å².